The number of nitrogens with two attached hydrogens (primary N) is 1. The Morgan fingerprint density at radius 3 is 2.63 bits per heavy atom. The first-order valence-electron chi connectivity index (χ1n) is 5.97. The third-order valence-electron chi connectivity index (χ3n) is 3.35. The van der Waals surface area contributed by atoms with Crippen LogP contribution in [0.4, 0.5) is 15.8 Å². The Balaban J connectivity index is 2.25. The van der Waals surface area contributed by atoms with E-state index in [1.165, 1.54) is 0 Å². The van der Waals surface area contributed by atoms with Crippen molar-refractivity contribution in [3.8, 4) is 0 Å². The molecule has 0 atom stereocenters. The maximum absolute atomic E-state index is 13.1. The van der Waals surface area contributed by atoms with Gasteiger partial charge >= 0.3 is 0 Å². The fraction of sp³-hybridized carbons (Fsp3) is 0.417. The number of hydrogen-bond donors (Lipinski definition) is 2. The van der Waals surface area contributed by atoms with Crippen LogP contribution in [-0.4, -0.2) is 16.4 Å². The summed E-state index contributed by atoms with van der Waals surface area (Å²) in [5.74, 6) is -1.16. The van der Waals surface area contributed by atoms with Gasteiger partial charge in [-0.05, 0) is 18.9 Å². The van der Waals surface area contributed by atoms with Crippen molar-refractivity contribution in [3.05, 3.63) is 34.1 Å². The number of carbonyl (C=O) groups is 1. The highest BCUT2D eigenvalue weighted by Crippen LogP contribution is 2.30. The molecule has 1 fully saturated rings. The predicted octanol–water partition coefficient (Wildman–Crippen LogP) is 1.94. The Morgan fingerprint density at radius 1 is 1.42 bits per heavy atom. The standard InChI is InChI=1S/C12H14FN3O3/c13-8-3-4-10(16(18)19)9(7-8)15-11(17)12(14)5-1-2-6-12/h3-4,7H,1-2,5-6,14H2,(H,15,17). The van der Waals surface area contributed by atoms with E-state index in [2.05, 4.69) is 5.32 Å². The van der Waals surface area contributed by atoms with Gasteiger partial charge in [-0.25, -0.2) is 4.39 Å². The van der Waals surface area contributed by atoms with E-state index in [-0.39, 0.29) is 11.4 Å². The molecule has 0 aromatic heterocycles. The van der Waals surface area contributed by atoms with Crippen molar-refractivity contribution in [1.82, 2.24) is 0 Å². The molecule has 0 bridgehead atoms. The number of anilines is 1. The fourth-order valence-electron chi connectivity index (χ4n) is 2.25. The second-order valence-electron chi connectivity index (χ2n) is 4.74. The van der Waals surface area contributed by atoms with Crippen LogP contribution in [0, 0.1) is 15.9 Å². The van der Waals surface area contributed by atoms with Gasteiger partial charge < -0.3 is 11.1 Å². The number of hydrogen-bond acceptors (Lipinski definition) is 4. The molecule has 1 aliphatic carbocycles. The van der Waals surface area contributed by atoms with Gasteiger partial charge in [-0.1, -0.05) is 12.8 Å². The van der Waals surface area contributed by atoms with Crippen molar-refractivity contribution in [2.45, 2.75) is 31.2 Å². The average Bonchev–Trinajstić information content (AvgIpc) is 2.77. The lowest BCUT2D eigenvalue weighted by molar-refractivity contribution is -0.384. The molecule has 0 saturated heterocycles. The van der Waals surface area contributed by atoms with Crippen LogP contribution in [0.5, 0.6) is 0 Å². The van der Waals surface area contributed by atoms with E-state index in [4.69, 9.17) is 5.73 Å². The Hall–Kier alpha value is -2.02. The molecular formula is C12H14FN3O3. The van der Waals surface area contributed by atoms with E-state index in [1.807, 2.05) is 0 Å². The number of benzene rings is 1. The zero-order chi connectivity index (χ0) is 14.0. The first-order valence-corrected chi connectivity index (χ1v) is 5.97. The van der Waals surface area contributed by atoms with Gasteiger partial charge in [0.1, 0.15) is 11.5 Å². The van der Waals surface area contributed by atoms with Crippen molar-refractivity contribution in [2.75, 3.05) is 5.32 Å². The van der Waals surface area contributed by atoms with Gasteiger partial charge in [0.15, 0.2) is 0 Å². The van der Waals surface area contributed by atoms with Gasteiger partial charge in [0.05, 0.1) is 10.5 Å². The maximum atomic E-state index is 13.1. The summed E-state index contributed by atoms with van der Waals surface area (Å²) < 4.78 is 13.1. The predicted molar refractivity (Wildman–Crippen MR) is 67.1 cm³/mol. The van der Waals surface area contributed by atoms with E-state index in [0.29, 0.717) is 12.8 Å². The number of nitro groups is 1. The summed E-state index contributed by atoms with van der Waals surface area (Å²) in [6.07, 6.45) is 2.74. The van der Waals surface area contributed by atoms with E-state index in [9.17, 15) is 19.3 Å². The highest BCUT2D eigenvalue weighted by Gasteiger charge is 2.37. The number of nitrogens with zero attached hydrogens (tertiary/aromatic N) is 1. The highest BCUT2D eigenvalue weighted by molar-refractivity contribution is 5.99. The van der Waals surface area contributed by atoms with Gasteiger partial charge in [0.2, 0.25) is 5.91 Å². The summed E-state index contributed by atoms with van der Waals surface area (Å²) >= 11 is 0. The van der Waals surface area contributed by atoms with Crippen molar-refractivity contribution in [3.63, 3.8) is 0 Å². The van der Waals surface area contributed by atoms with Crippen LogP contribution in [0.1, 0.15) is 25.7 Å². The molecule has 7 heteroatoms. The molecule has 6 nitrogen and oxygen atoms in total. The van der Waals surface area contributed by atoms with Crippen molar-refractivity contribution < 1.29 is 14.1 Å². The topological polar surface area (TPSA) is 98.3 Å². The van der Waals surface area contributed by atoms with Gasteiger partial charge in [-0.3, -0.25) is 14.9 Å². The zero-order valence-electron chi connectivity index (χ0n) is 10.2. The minimum absolute atomic E-state index is 0.160. The van der Waals surface area contributed by atoms with Crippen LogP contribution in [0.15, 0.2) is 18.2 Å². The number of halogens is 1. The highest BCUT2D eigenvalue weighted by atomic mass is 19.1. The lowest BCUT2D eigenvalue weighted by atomic mass is 9.98. The third-order valence-corrected chi connectivity index (χ3v) is 3.35. The molecule has 102 valence electrons. The quantitative estimate of drug-likeness (QED) is 0.645. The second kappa shape index (κ2) is 4.93. The van der Waals surface area contributed by atoms with E-state index in [1.54, 1.807) is 0 Å². The lowest BCUT2D eigenvalue weighted by Crippen LogP contribution is -2.48. The lowest BCUT2D eigenvalue weighted by Gasteiger charge is -2.22. The maximum Gasteiger partial charge on any atom is 0.292 e. The molecule has 1 aromatic rings. The Bertz CT molecular complexity index is 527. The minimum Gasteiger partial charge on any atom is -0.319 e. The van der Waals surface area contributed by atoms with Crippen LogP contribution in [0.3, 0.4) is 0 Å². The number of nitrogens with one attached hydrogen (secondary N) is 1. The molecule has 1 aliphatic rings. The Morgan fingerprint density at radius 2 is 2.05 bits per heavy atom. The molecule has 0 heterocycles. The summed E-state index contributed by atoms with van der Waals surface area (Å²) in [7, 11) is 0. The van der Waals surface area contributed by atoms with Crippen LogP contribution in [0.2, 0.25) is 0 Å². The first kappa shape index (κ1) is 13.4. The van der Waals surface area contributed by atoms with Crippen LogP contribution >= 0.6 is 0 Å². The molecule has 0 aliphatic heterocycles. The smallest absolute Gasteiger partial charge is 0.292 e. The Labute approximate surface area is 108 Å². The molecule has 0 unspecified atom stereocenters. The van der Waals surface area contributed by atoms with E-state index < -0.39 is 22.2 Å². The molecule has 1 saturated carbocycles. The Kier molecular flexibility index (Phi) is 3.48. The molecule has 1 aromatic carbocycles. The summed E-state index contributed by atoms with van der Waals surface area (Å²) in [6, 6.07) is 2.92. The molecule has 19 heavy (non-hydrogen) atoms. The van der Waals surface area contributed by atoms with Gasteiger partial charge in [-0.15, -0.1) is 0 Å². The summed E-state index contributed by atoms with van der Waals surface area (Å²) in [4.78, 5) is 22.2. The average molecular weight is 267 g/mol. The van der Waals surface area contributed by atoms with E-state index in [0.717, 1.165) is 31.0 Å². The number of rotatable bonds is 3. The summed E-state index contributed by atoms with van der Waals surface area (Å²) in [6.45, 7) is 0. The normalized spacial score (nSPS) is 17.2. The molecule has 1 amide bonds. The van der Waals surface area contributed by atoms with Gasteiger partial charge in [0, 0.05) is 12.1 Å². The number of amides is 1. The van der Waals surface area contributed by atoms with Crippen molar-refractivity contribution in [1.29, 1.82) is 0 Å². The largest absolute Gasteiger partial charge is 0.319 e. The van der Waals surface area contributed by atoms with Gasteiger partial charge in [0.25, 0.3) is 5.69 Å². The third kappa shape index (κ3) is 2.70. The SMILES string of the molecule is NC1(C(=O)Nc2cc(F)ccc2[N+](=O)[O-])CCCC1. The van der Waals surface area contributed by atoms with Crippen LogP contribution < -0.4 is 11.1 Å². The van der Waals surface area contributed by atoms with E-state index >= 15 is 0 Å². The van der Waals surface area contributed by atoms with Crippen molar-refractivity contribution in [2.24, 2.45) is 5.73 Å². The summed E-state index contributed by atoms with van der Waals surface area (Å²) in [5, 5.41) is 13.2. The van der Waals surface area contributed by atoms with Crippen molar-refractivity contribution >= 4 is 17.3 Å². The minimum atomic E-state index is -1.01. The number of carbonyl (C=O) groups excluding carboxylic acids is 1. The monoisotopic (exact) mass is 267 g/mol. The fourth-order valence-corrected chi connectivity index (χ4v) is 2.25. The molecule has 0 radical (unpaired) electrons. The zero-order valence-corrected chi connectivity index (χ0v) is 10.2. The summed E-state index contributed by atoms with van der Waals surface area (Å²) in [5.41, 5.74) is 4.41. The number of nitro benzene ring substituents is 1. The van der Waals surface area contributed by atoms with Crippen LogP contribution in [-0.2, 0) is 4.79 Å². The molecule has 3 N–H and O–H groups in total. The second-order valence-corrected chi connectivity index (χ2v) is 4.74. The molecule has 2 rings (SSSR count). The first-order chi connectivity index (χ1) is 8.92. The van der Waals surface area contributed by atoms with Gasteiger partial charge in [-0.2, -0.15) is 0 Å². The van der Waals surface area contributed by atoms with Crippen LogP contribution in [0.25, 0.3) is 0 Å². The molecular weight excluding hydrogens is 253 g/mol. The molecule has 0 spiro atoms.